The minimum absolute atomic E-state index is 0.889. The highest BCUT2D eigenvalue weighted by molar-refractivity contribution is 7.90. The molecule has 54 valence electrons. The smallest absolute Gasteiger partial charge is 0.192 e. The standard InChI is InChI=1S/CF3NO3S/c2-1(3,4)9(7,8)5-6. The van der Waals surface area contributed by atoms with Crippen LogP contribution in [-0.4, -0.2) is 13.9 Å². The average molecular weight is 163 g/mol. The van der Waals surface area contributed by atoms with Crippen LogP contribution >= 0.6 is 0 Å². The number of nitroso groups, excluding NO2 is 1. The van der Waals surface area contributed by atoms with Crippen LogP contribution in [0.1, 0.15) is 0 Å². The number of alkyl halides is 3. The van der Waals surface area contributed by atoms with Crippen molar-refractivity contribution in [3.8, 4) is 0 Å². The lowest BCUT2D eigenvalue weighted by Gasteiger charge is -1.96. The summed E-state index contributed by atoms with van der Waals surface area (Å²) in [6.45, 7) is 0. The summed E-state index contributed by atoms with van der Waals surface area (Å²) in [5.74, 6) is 0. The van der Waals surface area contributed by atoms with Crippen molar-refractivity contribution in [1.82, 2.24) is 0 Å². The van der Waals surface area contributed by atoms with Crippen LogP contribution in [0.15, 0.2) is 4.58 Å². The molecule has 0 amide bonds. The van der Waals surface area contributed by atoms with Gasteiger partial charge in [0.15, 0.2) is 0 Å². The summed E-state index contributed by atoms with van der Waals surface area (Å²) in [6, 6.07) is 0. The summed E-state index contributed by atoms with van der Waals surface area (Å²) in [4.78, 5) is 8.92. The zero-order valence-electron chi connectivity index (χ0n) is 3.71. The van der Waals surface area contributed by atoms with Gasteiger partial charge >= 0.3 is 15.5 Å². The number of nitrogens with zero attached hydrogens (tertiary/aromatic N) is 1. The topological polar surface area (TPSA) is 63.6 Å². The largest absolute Gasteiger partial charge is 0.521 e. The Bertz CT molecular complexity index is 202. The van der Waals surface area contributed by atoms with Gasteiger partial charge in [0.1, 0.15) is 0 Å². The van der Waals surface area contributed by atoms with E-state index in [4.69, 9.17) is 4.91 Å². The lowest BCUT2D eigenvalue weighted by molar-refractivity contribution is -0.0435. The Labute approximate surface area is 47.7 Å². The molecule has 0 saturated heterocycles. The molecule has 0 atom stereocenters. The molecule has 0 aromatic carbocycles. The molecule has 0 rings (SSSR count). The Morgan fingerprint density at radius 3 is 1.56 bits per heavy atom. The maximum absolute atomic E-state index is 11.0. The summed E-state index contributed by atoms with van der Waals surface area (Å²) in [7, 11) is -5.77. The highest BCUT2D eigenvalue weighted by Crippen LogP contribution is 2.23. The van der Waals surface area contributed by atoms with E-state index in [0.717, 1.165) is 4.58 Å². The molecule has 0 aromatic heterocycles. The second kappa shape index (κ2) is 1.94. The number of rotatable bonds is 1. The average Bonchev–Trinajstić information content (AvgIpc) is 1.64. The first kappa shape index (κ1) is 8.34. The lowest BCUT2D eigenvalue weighted by Crippen LogP contribution is -2.19. The lowest BCUT2D eigenvalue weighted by atomic mass is 11.6. The molecular formula is CF3NO3S. The van der Waals surface area contributed by atoms with E-state index in [1.807, 2.05) is 0 Å². The predicted octanol–water partition coefficient (Wildman–Crippen LogP) is 0.602. The normalized spacial score (nSPS) is 13.2. The van der Waals surface area contributed by atoms with Gasteiger partial charge in [-0.2, -0.15) is 21.6 Å². The van der Waals surface area contributed by atoms with Crippen LogP contribution in [0.5, 0.6) is 0 Å². The van der Waals surface area contributed by atoms with Crippen molar-refractivity contribution in [1.29, 1.82) is 0 Å². The molecule has 0 unspecified atom stereocenters. The van der Waals surface area contributed by atoms with Gasteiger partial charge in [-0.25, -0.2) is 0 Å². The van der Waals surface area contributed by atoms with Gasteiger partial charge in [-0.1, -0.05) is 0 Å². The van der Waals surface area contributed by atoms with Crippen molar-refractivity contribution >= 4 is 10.0 Å². The Morgan fingerprint density at radius 2 is 1.56 bits per heavy atom. The van der Waals surface area contributed by atoms with E-state index >= 15 is 0 Å². The van der Waals surface area contributed by atoms with Gasteiger partial charge in [-0.05, 0) is 0 Å². The molecular weight excluding hydrogens is 163 g/mol. The maximum atomic E-state index is 11.0. The molecule has 0 spiro atoms. The van der Waals surface area contributed by atoms with Crippen molar-refractivity contribution in [3.63, 3.8) is 0 Å². The molecule has 8 heteroatoms. The Kier molecular flexibility index (Phi) is 1.80. The molecule has 0 aliphatic rings. The van der Waals surface area contributed by atoms with Gasteiger partial charge in [0.25, 0.3) is 0 Å². The highest BCUT2D eigenvalue weighted by atomic mass is 32.2. The minimum atomic E-state index is -5.77. The van der Waals surface area contributed by atoms with Crippen LogP contribution < -0.4 is 0 Å². The monoisotopic (exact) mass is 163 g/mol. The number of sulfonamides is 1. The van der Waals surface area contributed by atoms with Crippen molar-refractivity contribution in [2.75, 3.05) is 0 Å². The molecule has 0 aliphatic carbocycles. The third-order valence-corrected chi connectivity index (χ3v) is 1.17. The second-order valence-electron chi connectivity index (χ2n) is 0.995. The van der Waals surface area contributed by atoms with Gasteiger partial charge in [-0.15, -0.1) is 4.91 Å². The summed E-state index contributed by atoms with van der Waals surface area (Å²) >= 11 is 0. The fourth-order valence-electron chi connectivity index (χ4n) is 0.0423. The molecule has 0 N–H and O–H groups in total. The zero-order valence-corrected chi connectivity index (χ0v) is 4.53. The van der Waals surface area contributed by atoms with Crippen LogP contribution in [0, 0.1) is 4.91 Å². The molecule has 0 aliphatic heterocycles. The summed E-state index contributed by atoms with van der Waals surface area (Å²) in [5, 5.41) is 0. The number of halogens is 3. The van der Waals surface area contributed by atoms with Gasteiger partial charge < -0.3 is 0 Å². The maximum Gasteiger partial charge on any atom is 0.521 e. The summed E-state index contributed by atoms with van der Waals surface area (Å²) in [6.07, 6.45) is 0. The van der Waals surface area contributed by atoms with Crippen molar-refractivity contribution in [2.45, 2.75) is 5.51 Å². The minimum Gasteiger partial charge on any atom is -0.192 e. The number of hydrogen-bond acceptors (Lipinski definition) is 3. The predicted molar refractivity (Wildman–Crippen MR) is 20.8 cm³/mol. The van der Waals surface area contributed by atoms with Crippen LogP contribution in [0.25, 0.3) is 0 Å². The van der Waals surface area contributed by atoms with Crippen molar-refractivity contribution in [3.05, 3.63) is 4.91 Å². The van der Waals surface area contributed by atoms with Crippen LogP contribution in [-0.2, 0) is 10.0 Å². The van der Waals surface area contributed by atoms with Crippen LogP contribution in [0.2, 0.25) is 0 Å². The van der Waals surface area contributed by atoms with Gasteiger partial charge in [-0.3, -0.25) is 0 Å². The molecule has 0 radical (unpaired) electrons. The van der Waals surface area contributed by atoms with Crippen LogP contribution in [0.3, 0.4) is 0 Å². The zero-order chi connectivity index (χ0) is 7.71. The second-order valence-corrected chi connectivity index (χ2v) is 2.56. The van der Waals surface area contributed by atoms with E-state index in [9.17, 15) is 21.6 Å². The van der Waals surface area contributed by atoms with Gasteiger partial charge in [0.05, 0.1) is 4.58 Å². The molecule has 0 aromatic rings. The summed E-state index contributed by atoms with van der Waals surface area (Å²) < 4.78 is 52.6. The van der Waals surface area contributed by atoms with E-state index in [-0.39, 0.29) is 0 Å². The third kappa shape index (κ3) is 1.63. The fraction of sp³-hybridized carbons (Fsp3) is 1.00. The van der Waals surface area contributed by atoms with E-state index in [2.05, 4.69) is 0 Å². The van der Waals surface area contributed by atoms with Gasteiger partial charge in [0, 0.05) is 0 Å². The molecule has 0 bridgehead atoms. The molecule has 4 nitrogen and oxygen atoms in total. The first-order valence-corrected chi connectivity index (χ1v) is 2.91. The molecule has 0 fully saturated rings. The SMILES string of the molecule is O=NS(=O)(=O)C(F)(F)F. The van der Waals surface area contributed by atoms with E-state index in [1.54, 1.807) is 0 Å². The third-order valence-electron chi connectivity index (χ3n) is 0.391. The Morgan fingerprint density at radius 1 is 1.22 bits per heavy atom. The summed E-state index contributed by atoms with van der Waals surface area (Å²) in [5.41, 5.74) is -5.56. The Balaban J connectivity index is 4.79. The quantitative estimate of drug-likeness (QED) is 0.531. The van der Waals surface area contributed by atoms with E-state index < -0.39 is 15.5 Å². The van der Waals surface area contributed by atoms with Crippen LogP contribution in [0.4, 0.5) is 13.2 Å². The highest BCUT2D eigenvalue weighted by Gasteiger charge is 2.47. The number of hydrogen-bond donors (Lipinski definition) is 0. The first-order chi connectivity index (χ1) is 3.81. The Hall–Kier alpha value is -0.660. The van der Waals surface area contributed by atoms with E-state index in [1.165, 1.54) is 0 Å². The fourth-order valence-corrected chi connectivity index (χ4v) is 0.127. The molecule has 0 saturated carbocycles. The first-order valence-electron chi connectivity index (χ1n) is 1.47. The van der Waals surface area contributed by atoms with Crippen molar-refractivity contribution < 1.29 is 21.6 Å². The molecule has 0 heterocycles. The van der Waals surface area contributed by atoms with E-state index in [0.29, 0.717) is 0 Å². The van der Waals surface area contributed by atoms with Gasteiger partial charge in [0.2, 0.25) is 0 Å². The molecule has 9 heavy (non-hydrogen) atoms. The van der Waals surface area contributed by atoms with Crippen molar-refractivity contribution in [2.24, 2.45) is 4.58 Å².